The quantitative estimate of drug-likeness (QED) is 0.752. The molecule has 0 aliphatic carbocycles. The molecule has 5 heteroatoms. The number of hydrogen-bond donors (Lipinski definition) is 3. The topological polar surface area (TPSA) is 61.4 Å². The van der Waals surface area contributed by atoms with Gasteiger partial charge < -0.3 is 15.7 Å². The minimum Gasteiger partial charge on any atom is -0.505 e. The van der Waals surface area contributed by atoms with Gasteiger partial charge in [0.25, 0.3) is 0 Å². The average Bonchev–Trinajstić information content (AvgIpc) is 2.21. The Hall–Kier alpha value is -1.07. The van der Waals surface area contributed by atoms with E-state index in [4.69, 9.17) is 0 Å². The summed E-state index contributed by atoms with van der Waals surface area (Å²) < 4.78 is 0.555. The van der Waals surface area contributed by atoms with Crippen LogP contribution in [0.15, 0.2) is 22.7 Å². The smallest absolute Gasteiger partial charge is 0.238 e. The van der Waals surface area contributed by atoms with Crippen molar-refractivity contribution in [2.75, 3.05) is 11.9 Å². The van der Waals surface area contributed by atoms with Gasteiger partial charge in [-0.1, -0.05) is 6.07 Å². The van der Waals surface area contributed by atoms with Gasteiger partial charge in [-0.05, 0) is 48.8 Å². The Labute approximate surface area is 110 Å². The monoisotopic (exact) mass is 300 g/mol. The summed E-state index contributed by atoms with van der Waals surface area (Å²) in [5.41, 5.74) is 0.288. The summed E-state index contributed by atoms with van der Waals surface area (Å²) in [6.45, 7) is 6.15. The first kappa shape index (κ1) is 14.0. The number of para-hydroxylation sites is 1. The van der Waals surface area contributed by atoms with Gasteiger partial charge in [-0.15, -0.1) is 0 Å². The van der Waals surface area contributed by atoms with Crippen LogP contribution in [0.2, 0.25) is 0 Å². The average molecular weight is 301 g/mol. The van der Waals surface area contributed by atoms with Crippen molar-refractivity contribution in [3.05, 3.63) is 22.7 Å². The van der Waals surface area contributed by atoms with Crippen LogP contribution in [0.25, 0.3) is 0 Å². The number of phenolic OH excluding ortho intramolecular Hbond substituents is 1. The highest BCUT2D eigenvalue weighted by molar-refractivity contribution is 9.10. The lowest BCUT2D eigenvalue weighted by atomic mass is 10.1. The highest BCUT2D eigenvalue weighted by atomic mass is 79.9. The summed E-state index contributed by atoms with van der Waals surface area (Å²) in [6.07, 6.45) is 0. The summed E-state index contributed by atoms with van der Waals surface area (Å²) in [7, 11) is 0. The van der Waals surface area contributed by atoms with E-state index in [1.54, 1.807) is 18.2 Å². The normalized spacial score (nSPS) is 11.3. The maximum atomic E-state index is 11.6. The van der Waals surface area contributed by atoms with Gasteiger partial charge >= 0.3 is 0 Å². The summed E-state index contributed by atoms with van der Waals surface area (Å²) in [6, 6.07) is 5.10. The zero-order chi connectivity index (χ0) is 13.1. The molecule has 0 bridgehead atoms. The molecule has 17 heavy (non-hydrogen) atoms. The Balaban J connectivity index is 2.60. The second-order valence-corrected chi connectivity index (χ2v) is 5.64. The summed E-state index contributed by atoms with van der Waals surface area (Å²) in [5, 5.41) is 15.4. The van der Waals surface area contributed by atoms with Crippen LogP contribution in [0.4, 0.5) is 5.69 Å². The molecule has 3 N–H and O–H groups in total. The van der Waals surface area contributed by atoms with Gasteiger partial charge in [0.2, 0.25) is 5.91 Å². The first-order valence-electron chi connectivity index (χ1n) is 5.32. The number of halogens is 1. The number of aromatic hydroxyl groups is 1. The van der Waals surface area contributed by atoms with Crippen molar-refractivity contribution in [2.24, 2.45) is 0 Å². The molecule has 0 saturated heterocycles. The third-order valence-corrected chi connectivity index (χ3v) is 2.68. The molecule has 94 valence electrons. The maximum absolute atomic E-state index is 11.6. The number of rotatable bonds is 3. The number of carbonyl (C=O) groups excluding carboxylic acids is 1. The summed E-state index contributed by atoms with van der Waals surface area (Å²) >= 11 is 3.19. The zero-order valence-corrected chi connectivity index (χ0v) is 11.8. The molecule has 1 aromatic carbocycles. The fourth-order valence-electron chi connectivity index (χ4n) is 1.16. The van der Waals surface area contributed by atoms with Gasteiger partial charge in [0.05, 0.1) is 16.7 Å². The summed E-state index contributed by atoms with van der Waals surface area (Å²) in [5.74, 6) is -0.148. The molecular weight excluding hydrogens is 284 g/mol. The van der Waals surface area contributed by atoms with Gasteiger partial charge in [-0.3, -0.25) is 4.79 Å². The van der Waals surface area contributed by atoms with Gasteiger partial charge in [-0.2, -0.15) is 0 Å². The van der Waals surface area contributed by atoms with E-state index in [1.165, 1.54) is 0 Å². The molecule has 0 spiro atoms. The number of amides is 1. The molecule has 0 aromatic heterocycles. The molecule has 0 fully saturated rings. The van der Waals surface area contributed by atoms with E-state index in [2.05, 4.69) is 26.6 Å². The molecule has 0 saturated carbocycles. The Bertz CT molecular complexity index is 413. The van der Waals surface area contributed by atoms with Crippen LogP contribution in [0, 0.1) is 0 Å². The van der Waals surface area contributed by atoms with E-state index in [0.29, 0.717) is 10.2 Å². The van der Waals surface area contributed by atoms with Crippen LogP contribution in [-0.4, -0.2) is 23.1 Å². The van der Waals surface area contributed by atoms with E-state index in [0.717, 1.165) is 0 Å². The fourth-order valence-corrected chi connectivity index (χ4v) is 1.52. The number of anilines is 1. The maximum Gasteiger partial charge on any atom is 0.238 e. The van der Waals surface area contributed by atoms with E-state index in [-0.39, 0.29) is 23.7 Å². The second kappa shape index (κ2) is 5.51. The lowest BCUT2D eigenvalue weighted by molar-refractivity contribution is -0.115. The molecule has 0 atom stereocenters. The predicted molar refractivity (Wildman–Crippen MR) is 72.2 cm³/mol. The molecule has 1 rings (SSSR count). The third-order valence-electron chi connectivity index (χ3n) is 2.04. The number of carbonyl (C=O) groups is 1. The van der Waals surface area contributed by atoms with Crippen molar-refractivity contribution in [1.82, 2.24) is 5.32 Å². The Morgan fingerprint density at radius 3 is 2.65 bits per heavy atom. The van der Waals surface area contributed by atoms with Crippen LogP contribution in [-0.2, 0) is 4.79 Å². The Morgan fingerprint density at radius 2 is 2.06 bits per heavy atom. The van der Waals surface area contributed by atoms with Crippen molar-refractivity contribution >= 4 is 27.5 Å². The molecule has 0 unspecified atom stereocenters. The minimum absolute atomic E-state index is 0.0385. The van der Waals surface area contributed by atoms with Gasteiger partial charge in [-0.25, -0.2) is 0 Å². The second-order valence-electron chi connectivity index (χ2n) is 4.79. The molecule has 1 amide bonds. The van der Waals surface area contributed by atoms with E-state index in [1.807, 2.05) is 20.8 Å². The van der Waals surface area contributed by atoms with Gasteiger partial charge in [0.15, 0.2) is 5.75 Å². The fraction of sp³-hybridized carbons (Fsp3) is 0.417. The number of hydrogen-bond acceptors (Lipinski definition) is 3. The molecule has 1 aromatic rings. The van der Waals surface area contributed by atoms with Crippen molar-refractivity contribution in [3.8, 4) is 5.75 Å². The molecule has 0 aliphatic rings. The van der Waals surface area contributed by atoms with Crippen molar-refractivity contribution in [2.45, 2.75) is 26.3 Å². The highest BCUT2D eigenvalue weighted by Crippen LogP contribution is 2.31. The van der Waals surface area contributed by atoms with Gasteiger partial charge in [0, 0.05) is 5.54 Å². The standard InChI is InChI=1S/C12H17BrN2O2/c1-12(2,3)14-7-10(16)15-9-6-4-5-8(13)11(9)17/h4-6,14,17H,7H2,1-3H3,(H,15,16). The van der Waals surface area contributed by atoms with Crippen LogP contribution in [0.5, 0.6) is 5.75 Å². The van der Waals surface area contributed by atoms with Crippen LogP contribution in [0.3, 0.4) is 0 Å². The minimum atomic E-state index is -0.187. The van der Waals surface area contributed by atoms with Crippen molar-refractivity contribution in [1.29, 1.82) is 0 Å². The Kier molecular flexibility index (Phi) is 4.54. The number of phenols is 1. The molecule has 0 aliphatic heterocycles. The highest BCUT2D eigenvalue weighted by Gasteiger charge is 2.13. The Morgan fingerprint density at radius 1 is 1.41 bits per heavy atom. The van der Waals surface area contributed by atoms with Crippen molar-refractivity contribution < 1.29 is 9.90 Å². The van der Waals surface area contributed by atoms with Crippen LogP contribution >= 0.6 is 15.9 Å². The van der Waals surface area contributed by atoms with Gasteiger partial charge in [0.1, 0.15) is 0 Å². The third kappa shape index (κ3) is 4.75. The largest absolute Gasteiger partial charge is 0.505 e. The first-order chi connectivity index (χ1) is 7.79. The molecule has 0 radical (unpaired) electrons. The van der Waals surface area contributed by atoms with Crippen LogP contribution < -0.4 is 10.6 Å². The predicted octanol–water partition coefficient (Wildman–Crippen LogP) is 2.48. The van der Waals surface area contributed by atoms with Crippen molar-refractivity contribution in [3.63, 3.8) is 0 Å². The summed E-state index contributed by atoms with van der Waals surface area (Å²) in [4.78, 5) is 11.6. The van der Waals surface area contributed by atoms with E-state index in [9.17, 15) is 9.90 Å². The first-order valence-corrected chi connectivity index (χ1v) is 6.11. The molecular formula is C12H17BrN2O2. The number of nitrogens with one attached hydrogen (secondary N) is 2. The van der Waals surface area contributed by atoms with E-state index < -0.39 is 0 Å². The number of benzene rings is 1. The van der Waals surface area contributed by atoms with Crippen LogP contribution in [0.1, 0.15) is 20.8 Å². The zero-order valence-electron chi connectivity index (χ0n) is 10.2. The SMILES string of the molecule is CC(C)(C)NCC(=O)Nc1cccc(Br)c1O. The van der Waals surface area contributed by atoms with E-state index >= 15 is 0 Å². The molecule has 4 nitrogen and oxygen atoms in total. The molecule has 0 heterocycles. The lowest BCUT2D eigenvalue weighted by Crippen LogP contribution is -2.41. The lowest BCUT2D eigenvalue weighted by Gasteiger charge is -2.20.